The van der Waals surface area contributed by atoms with Crippen molar-refractivity contribution in [2.24, 2.45) is 0 Å². The number of ether oxygens (including phenoxy) is 1. The first-order chi connectivity index (χ1) is 16.5. The van der Waals surface area contributed by atoms with Crippen LogP contribution in [-0.2, 0) is 14.3 Å². The summed E-state index contributed by atoms with van der Waals surface area (Å²) in [5.41, 5.74) is 4.67. The van der Waals surface area contributed by atoms with Crippen LogP contribution in [-0.4, -0.2) is 42.3 Å². The molecule has 3 N–H and O–H groups in total. The standard InChI is InChI=1S/C27H34N2O5/c1-2-19(17-25(30)28-16-10-4-3-5-15-26(31)32)29-27(33)34-18-24-22-13-8-6-11-20(22)21-12-7-9-14-23(21)24/h6-9,11-14,19,24H,2-5,10,15-18H2,1H3,(H,28,30)(H,29,33)(H,31,32)/t19-/m1/s1. The predicted octanol–water partition coefficient (Wildman–Crippen LogP) is 4.85. The second-order valence-electron chi connectivity index (χ2n) is 8.69. The molecule has 0 aliphatic heterocycles. The Morgan fingerprint density at radius 2 is 1.56 bits per heavy atom. The van der Waals surface area contributed by atoms with Gasteiger partial charge in [0.15, 0.2) is 0 Å². The molecule has 1 aliphatic carbocycles. The molecule has 2 amide bonds. The van der Waals surface area contributed by atoms with Gasteiger partial charge in [-0.3, -0.25) is 9.59 Å². The highest BCUT2D eigenvalue weighted by atomic mass is 16.5. The molecule has 0 radical (unpaired) electrons. The number of alkyl carbamates (subject to hydrolysis) is 1. The van der Waals surface area contributed by atoms with Crippen molar-refractivity contribution in [2.75, 3.05) is 13.2 Å². The van der Waals surface area contributed by atoms with E-state index in [4.69, 9.17) is 9.84 Å². The average molecular weight is 467 g/mol. The highest BCUT2D eigenvalue weighted by Gasteiger charge is 2.29. The van der Waals surface area contributed by atoms with Crippen LogP contribution in [0.2, 0.25) is 0 Å². The van der Waals surface area contributed by atoms with Crippen LogP contribution in [0, 0.1) is 0 Å². The quantitative estimate of drug-likeness (QED) is 0.366. The summed E-state index contributed by atoms with van der Waals surface area (Å²) in [5, 5.41) is 14.3. The third-order valence-electron chi connectivity index (χ3n) is 6.23. The number of hydrogen-bond donors (Lipinski definition) is 3. The van der Waals surface area contributed by atoms with Gasteiger partial charge in [0.2, 0.25) is 5.91 Å². The highest BCUT2D eigenvalue weighted by molar-refractivity contribution is 5.79. The molecule has 0 saturated carbocycles. The monoisotopic (exact) mass is 466 g/mol. The zero-order valence-corrected chi connectivity index (χ0v) is 19.7. The molecule has 0 fully saturated rings. The summed E-state index contributed by atoms with van der Waals surface area (Å²) in [4.78, 5) is 35.2. The molecule has 2 aromatic carbocycles. The van der Waals surface area contributed by atoms with Crippen molar-refractivity contribution in [2.45, 2.75) is 63.8 Å². The normalized spacial score (nSPS) is 13.0. The summed E-state index contributed by atoms with van der Waals surface area (Å²) < 4.78 is 5.58. The molecule has 0 bridgehead atoms. The van der Waals surface area contributed by atoms with E-state index < -0.39 is 12.1 Å². The number of nitrogens with one attached hydrogen (secondary N) is 2. The van der Waals surface area contributed by atoms with Crippen LogP contribution in [0.15, 0.2) is 48.5 Å². The number of carboxylic acid groups (broad SMARTS) is 1. The van der Waals surface area contributed by atoms with Gasteiger partial charge < -0.3 is 20.5 Å². The number of carboxylic acids is 1. The fraction of sp³-hybridized carbons (Fsp3) is 0.444. The van der Waals surface area contributed by atoms with Gasteiger partial charge in [0, 0.05) is 31.3 Å². The summed E-state index contributed by atoms with van der Waals surface area (Å²) in [5.74, 6) is -0.892. The van der Waals surface area contributed by atoms with Crippen molar-refractivity contribution < 1.29 is 24.2 Å². The van der Waals surface area contributed by atoms with Crippen molar-refractivity contribution in [3.05, 3.63) is 59.7 Å². The molecule has 7 heteroatoms. The average Bonchev–Trinajstić information content (AvgIpc) is 3.15. The van der Waals surface area contributed by atoms with Gasteiger partial charge in [0.1, 0.15) is 6.61 Å². The molecule has 0 aromatic heterocycles. The van der Waals surface area contributed by atoms with Gasteiger partial charge in [-0.15, -0.1) is 0 Å². The molecule has 0 unspecified atom stereocenters. The molecule has 182 valence electrons. The largest absolute Gasteiger partial charge is 0.481 e. The third-order valence-corrected chi connectivity index (χ3v) is 6.23. The van der Waals surface area contributed by atoms with Crippen LogP contribution in [0.1, 0.15) is 68.9 Å². The minimum Gasteiger partial charge on any atom is -0.481 e. The Bertz CT molecular complexity index is 945. The molecule has 2 aromatic rings. The number of amides is 2. The molecule has 7 nitrogen and oxygen atoms in total. The van der Waals surface area contributed by atoms with Gasteiger partial charge in [-0.05, 0) is 41.5 Å². The zero-order valence-electron chi connectivity index (χ0n) is 19.7. The van der Waals surface area contributed by atoms with Crippen molar-refractivity contribution in [1.82, 2.24) is 10.6 Å². The van der Waals surface area contributed by atoms with E-state index in [1.54, 1.807) is 0 Å². The van der Waals surface area contributed by atoms with E-state index in [-0.39, 0.29) is 37.3 Å². The van der Waals surface area contributed by atoms with Gasteiger partial charge in [-0.2, -0.15) is 0 Å². The van der Waals surface area contributed by atoms with E-state index in [1.165, 1.54) is 11.1 Å². The number of carbonyl (C=O) groups is 3. The van der Waals surface area contributed by atoms with E-state index in [1.807, 2.05) is 31.2 Å². The van der Waals surface area contributed by atoms with E-state index in [2.05, 4.69) is 34.9 Å². The van der Waals surface area contributed by atoms with Crippen LogP contribution in [0.4, 0.5) is 4.79 Å². The number of unbranched alkanes of at least 4 members (excludes halogenated alkanes) is 3. The van der Waals surface area contributed by atoms with E-state index in [0.717, 1.165) is 30.4 Å². The molecule has 0 saturated heterocycles. The molecule has 1 aliphatic rings. The van der Waals surface area contributed by atoms with Crippen LogP contribution < -0.4 is 10.6 Å². The summed E-state index contributed by atoms with van der Waals surface area (Å²) in [7, 11) is 0. The van der Waals surface area contributed by atoms with Crippen LogP contribution >= 0.6 is 0 Å². The predicted molar refractivity (Wildman–Crippen MR) is 131 cm³/mol. The minimum absolute atomic E-state index is 0.00276. The molecule has 34 heavy (non-hydrogen) atoms. The van der Waals surface area contributed by atoms with Crippen LogP contribution in [0.25, 0.3) is 11.1 Å². The number of rotatable bonds is 13. The third kappa shape index (κ3) is 7.07. The van der Waals surface area contributed by atoms with E-state index >= 15 is 0 Å². The molecule has 3 rings (SSSR count). The first-order valence-corrected chi connectivity index (χ1v) is 12.1. The van der Waals surface area contributed by atoms with Crippen LogP contribution in [0.5, 0.6) is 0 Å². The second kappa shape index (κ2) is 12.8. The number of benzene rings is 2. The second-order valence-corrected chi connectivity index (χ2v) is 8.69. The van der Waals surface area contributed by atoms with Gasteiger partial charge in [0.05, 0.1) is 0 Å². The Kier molecular flexibility index (Phi) is 9.50. The smallest absolute Gasteiger partial charge is 0.407 e. The topological polar surface area (TPSA) is 105 Å². The number of fused-ring (bicyclic) bond motifs is 3. The summed E-state index contributed by atoms with van der Waals surface area (Å²) in [6.07, 6.45) is 3.66. The Morgan fingerprint density at radius 1 is 0.941 bits per heavy atom. The number of carbonyl (C=O) groups excluding carboxylic acids is 2. The lowest BCUT2D eigenvalue weighted by atomic mass is 9.98. The van der Waals surface area contributed by atoms with Crippen molar-refractivity contribution >= 4 is 18.0 Å². The molecular weight excluding hydrogens is 432 g/mol. The first kappa shape index (κ1) is 25.3. The fourth-order valence-electron chi connectivity index (χ4n) is 4.38. The van der Waals surface area contributed by atoms with Crippen LogP contribution in [0.3, 0.4) is 0 Å². The lowest BCUT2D eigenvalue weighted by Gasteiger charge is -2.19. The minimum atomic E-state index is -0.775. The van der Waals surface area contributed by atoms with Crippen molar-refractivity contribution in [1.29, 1.82) is 0 Å². The Balaban J connectivity index is 1.40. The van der Waals surface area contributed by atoms with Gasteiger partial charge in [0.25, 0.3) is 0 Å². The SMILES string of the molecule is CC[C@H](CC(=O)NCCCCCCC(=O)O)NC(=O)OCC1c2ccccc2-c2ccccc21. The fourth-order valence-corrected chi connectivity index (χ4v) is 4.38. The van der Waals surface area contributed by atoms with Gasteiger partial charge in [-0.1, -0.05) is 68.3 Å². The molecule has 0 spiro atoms. The summed E-state index contributed by atoms with van der Waals surface area (Å²) >= 11 is 0. The lowest BCUT2D eigenvalue weighted by Crippen LogP contribution is -2.39. The molecule has 1 atom stereocenters. The van der Waals surface area contributed by atoms with E-state index in [0.29, 0.717) is 19.4 Å². The lowest BCUT2D eigenvalue weighted by molar-refractivity contribution is -0.137. The van der Waals surface area contributed by atoms with Gasteiger partial charge in [-0.25, -0.2) is 4.79 Å². The summed E-state index contributed by atoms with van der Waals surface area (Å²) in [6.45, 7) is 2.71. The Morgan fingerprint density at radius 3 is 2.18 bits per heavy atom. The summed E-state index contributed by atoms with van der Waals surface area (Å²) in [6, 6.07) is 16.1. The zero-order chi connectivity index (χ0) is 24.3. The van der Waals surface area contributed by atoms with Crippen molar-refractivity contribution in [3.8, 4) is 11.1 Å². The highest BCUT2D eigenvalue weighted by Crippen LogP contribution is 2.44. The first-order valence-electron chi connectivity index (χ1n) is 12.1. The Hall–Kier alpha value is -3.35. The van der Waals surface area contributed by atoms with Gasteiger partial charge >= 0.3 is 12.1 Å². The van der Waals surface area contributed by atoms with E-state index in [9.17, 15) is 14.4 Å². The maximum atomic E-state index is 12.5. The number of hydrogen-bond acceptors (Lipinski definition) is 4. The molecule has 0 heterocycles. The Labute approximate surface area is 200 Å². The maximum Gasteiger partial charge on any atom is 0.407 e. The number of aliphatic carboxylic acids is 1. The molecular formula is C27H34N2O5. The van der Waals surface area contributed by atoms with Crippen molar-refractivity contribution in [3.63, 3.8) is 0 Å². The maximum absolute atomic E-state index is 12.5.